The van der Waals surface area contributed by atoms with Crippen LogP contribution in [-0.4, -0.2) is 150 Å². The molecule has 4 rings (SSSR count). The first-order chi connectivity index (χ1) is 15.3. The van der Waals surface area contributed by atoms with Crippen LogP contribution >= 0.6 is 0 Å². The molecule has 7 nitrogen and oxygen atoms in total. The summed E-state index contributed by atoms with van der Waals surface area (Å²) in [5.74, 6) is 0.226. The summed E-state index contributed by atoms with van der Waals surface area (Å²) in [7, 11) is 12.5. The third-order valence-corrected chi connectivity index (χ3v) is 6.28. The molecule has 1 amide bonds. The van der Waals surface area contributed by atoms with Crippen molar-refractivity contribution in [3.05, 3.63) is 0 Å². The Balaban J connectivity index is 0. The summed E-state index contributed by atoms with van der Waals surface area (Å²) in [4.78, 5) is 24.2. The van der Waals surface area contributed by atoms with Gasteiger partial charge in [0.25, 0.3) is 0 Å². The zero-order valence-corrected chi connectivity index (χ0v) is 22.9. The van der Waals surface area contributed by atoms with Crippen molar-refractivity contribution in [2.24, 2.45) is 0 Å². The third-order valence-electron chi connectivity index (χ3n) is 6.28. The average Bonchev–Trinajstić information content (AvgIpc) is 3.27. The minimum atomic E-state index is 0. The largest absolute Gasteiger partial charge is 0.343 e. The van der Waals surface area contributed by atoms with E-state index >= 15 is 0 Å². The molecule has 0 aliphatic carbocycles. The van der Waals surface area contributed by atoms with Crippen LogP contribution in [0.15, 0.2) is 0 Å². The lowest BCUT2D eigenvalue weighted by atomic mass is 10.1. The second-order valence-corrected chi connectivity index (χ2v) is 9.53. The van der Waals surface area contributed by atoms with Crippen molar-refractivity contribution in [1.82, 2.24) is 29.4 Å². The molecule has 0 spiro atoms. The Hall–Kier alpha value is -0.730. The molecule has 7 heteroatoms. The van der Waals surface area contributed by atoms with Crippen molar-refractivity contribution in [2.45, 2.75) is 53.4 Å². The first kappa shape index (κ1) is 34.4. The van der Waals surface area contributed by atoms with Crippen LogP contribution in [0.3, 0.4) is 0 Å². The molecule has 0 aromatic carbocycles. The van der Waals surface area contributed by atoms with Gasteiger partial charge in [0.1, 0.15) is 0 Å². The van der Waals surface area contributed by atoms with E-state index in [2.05, 4.69) is 47.8 Å². The number of likely N-dealkylation sites (tertiary alicyclic amines) is 2. The zero-order chi connectivity index (χ0) is 24.4. The molecule has 0 radical (unpaired) electrons. The van der Waals surface area contributed by atoms with Gasteiger partial charge in [0.2, 0.25) is 5.91 Å². The van der Waals surface area contributed by atoms with Gasteiger partial charge in [-0.3, -0.25) is 9.69 Å². The van der Waals surface area contributed by atoms with Gasteiger partial charge in [-0.15, -0.1) is 0 Å². The van der Waals surface area contributed by atoms with Gasteiger partial charge in [0.05, 0.1) is 6.54 Å². The van der Waals surface area contributed by atoms with E-state index in [-0.39, 0.29) is 13.3 Å². The molecule has 33 heavy (non-hydrogen) atoms. The Labute approximate surface area is 208 Å². The molecule has 200 valence electrons. The number of hydrogen-bond donors (Lipinski definition) is 0. The Bertz CT molecular complexity index is 420. The van der Waals surface area contributed by atoms with E-state index in [0.717, 1.165) is 13.1 Å². The minimum absolute atomic E-state index is 0. The van der Waals surface area contributed by atoms with Crippen molar-refractivity contribution >= 4 is 5.91 Å². The number of amides is 1. The van der Waals surface area contributed by atoms with Crippen LogP contribution in [0, 0.1) is 0 Å². The van der Waals surface area contributed by atoms with E-state index in [4.69, 9.17) is 0 Å². The van der Waals surface area contributed by atoms with Crippen LogP contribution in [0.25, 0.3) is 0 Å². The normalized spacial score (nSPS) is 22.8. The molecule has 4 aliphatic rings. The molecule has 0 aromatic heterocycles. The summed E-state index contributed by atoms with van der Waals surface area (Å²) in [5.41, 5.74) is 0. The van der Waals surface area contributed by atoms with Gasteiger partial charge in [-0.1, -0.05) is 27.7 Å². The lowest BCUT2D eigenvalue weighted by Crippen LogP contribution is -2.46. The summed E-state index contributed by atoms with van der Waals surface area (Å²) in [5, 5.41) is 0. The van der Waals surface area contributed by atoms with Crippen LogP contribution in [0.4, 0.5) is 0 Å². The molecule has 4 aliphatic heterocycles. The monoisotopic (exact) mass is 472 g/mol. The first-order valence-electron chi connectivity index (χ1n) is 12.9. The maximum Gasteiger partial charge on any atom is 0.236 e. The lowest BCUT2D eigenvalue weighted by Gasteiger charge is -2.28. The van der Waals surface area contributed by atoms with Crippen molar-refractivity contribution in [3.63, 3.8) is 0 Å². The summed E-state index contributed by atoms with van der Waals surface area (Å²) >= 11 is 0. The fourth-order valence-corrected chi connectivity index (χ4v) is 3.71. The number of piperidine rings is 1. The van der Waals surface area contributed by atoms with Gasteiger partial charge >= 0.3 is 0 Å². The van der Waals surface area contributed by atoms with E-state index in [1.54, 1.807) is 4.90 Å². The number of rotatable bonds is 0. The number of nitrogens with zero attached hydrogens (tertiary/aromatic N) is 6. The number of carbonyl (C=O) groups excluding carboxylic acids is 1. The van der Waals surface area contributed by atoms with Gasteiger partial charge in [-0.2, -0.15) is 0 Å². The van der Waals surface area contributed by atoms with Gasteiger partial charge in [0, 0.05) is 46.3 Å². The smallest absolute Gasteiger partial charge is 0.236 e. The maximum absolute atomic E-state index is 10.9. The number of likely N-dealkylation sites (N-methyl/N-ethyl adjacent to an activating group) is 4. The standard InChI is InChI=1S/C6H12N2O.C6H14N2.C6H13N.C5H11N.C2H6.CH4/c1-7-3-4-8(2)6(9)5-7;1-7-3-5-8(2)6-4-7;1-7-5-3-2-4-6-7;1-6-4-2-3-5-6;1-2;/h3-5H2,1-2H3;3-6H2,1-2H3;2-6H2,1H3;2-5H2,1H3;1-2H3;1H4. The number of hydrogen-bond acceptors (Lipinski definition) is 6. The van der Waals surface area contributed by atoms with Crippen LogP contribution in [0.1, 0.15) is 53.4 Å². The lowest BCUT2D eigenvalue weighted by molar-refractivity contribution is -0.133. The predicted molar refractivity (Wildman–Crippen MR) is 146 cm³/mol. The van der Waals surface area contributed by atoms with Gasteiger partial charge in [0.15, 0.2) is 0 Å². The zero-order valence-electron chi connectivity index (χ0n) is 22.9. The molecule has 0 N–H and O–H groups in total. The van der Waals surface area contributed by atoms with E-state index in [0.29, 0.717) is 6.54 Å². The van der Waals surface area contributed by atoms with Gasteiger partial charge in [-0.05, 0) is 87.1 Å². The summed E-state index contributed by atoms with van der Waals surface area (Å²) in [6, 6.07) is 0. The molecule has 0 unspecified atom stereocenters. The average molecular weight is 473 g/mol. The summed E-state index contributed by atoms with van der Waals surface area (Å²) in [6.45, 7) is 16.7. The van der Waals surface area contributed by atoms with Crippen molar-refractivity contribution in [2.75, 3.05) is 114 Å². The number of piperazine rings is 2. The van der Waals surface area contributed by atoms with Crippen LogP contribution < -0.4 is 0 Å². The molecule has 4 heterocycles. The SMILES string of the molecule is C.CC.CN1CCCC1.CN1CCCCC1.CN1CCN(C)C(=O)C1.CN1CCN(C)CC1. The molecule has 0 bridgehead atoms. The van der Waals surface area contributed by atoms with Crippen LogP contribution in [-0.2, 0) is 4.79 Å². The molecular weight excluding hydrogens is 412 g/mol. The van der Waals surface area contributed by atoms with Gasteiger partial charge < -0.3 is 24.5 Å². The summed E-state index contributed by atoms with van der Waals surface area (Å²) < 4.78 is 0. The third kappa shape index (κ3) is 19.3. The van der Waals surface area contributed by atoms with Crippen molar-refractivity contribution in [3.8, 4) is 0 Å². The second-order valence-electron chi connectivity index (χ2n) is 9.53. The minimum Gasteiger partial charge on any atom is -0.343 e. The van der Waals surface area contributed by atoms with Crippen molar-refractivity contribution in [1.29, 1.82) is 0 Å². The highest BCUT2D eigenvalue weighted by Gasteiger charge is 2.16. The number of carbonyl (C=O) groups is 1. The first-order valence-corrected chi connectivity index (χ1v) is 12.9. The van der Waals surface area contributed by atoms with E-state index in [1.807, 2.05) is 32.8 Å². The fourth-order valence-electron chi connectivity index (χ4n) is 3.71. The molecule has 4 saturated heterocycles. The molecule has 0 aromatic rings. The fraction of sp³-hybridized carbons (Fsp3) is 0.962. The van der Waals surface area contributed by atoms with E-state index in [9.17, 15) is 4.79 Å². The summed E-state index contributed by atoms with van der Waals surface area (Å²) in [6.07, 6.45) is 7.10. The maximum atomic E-state index is 10.9. The van der Waals surface area contributed by atoms with Crippen LogP contribution in [0.2, 0.25) is 0 Å². The highest BCUT2D eigenvalue weighted by atomic mass is 16.2. The molecule has 0 saturated carbocycles. The Kier molecular flexibility index (Phi) is 22.7. The second kappa shape index (κ2) is 21.8. The van der Waals surface area contributed by atoms with E-state index in [1.165, 1.54) is 84.5 Å². The van der Waals surface area contributed by atoms with E-state index < -0.39 is 0 Å². The van der Waals surface area contributed by atoms with Gasteiger partial charge in [-0.25, -0.2) is 0 Å². The highest BCUT2D eigenvalue weighted by molar-refractivity contribution is 5.78. The highest BCUT2D eigenvalue weighted by Crippen LogP contribution is 2.04. The molecule has 0 atom stereocenters. The quantitative estimate of drug-likeness (QED) is 0.540. The van der Waals surface area contributed by atoms with Crippen molar-refractivity contribution < 1.29 is 4.79 Å². The Morgan fingerprint density at radius 3 is 1.00 bits per heavy atom. The Morgan fingerprint density at radius 2 is 0.758 bits per heavy atom. The molecule has 4 fully saturated rings. The van der Waals surface area contributed by atoms with Crippen LogP contribution in [0.5, 0.6) is 0 Å². The molecular formula is C26H60N6O. The topological polar surface area (TPSA) is 36.5 Å². The predicted octanol–water partition coefficient (Wildman–Crippen LogP) is 2.73. The Morgan fingerprint density at radius 1 is 0.455 bits per heavy atom.